The summed E-state index contributed by atoms with van der Waals surface area (Å²) in [4.78, 5) is 11.2. The van der Waals surface area contributed by atoms with E-state index in [9.17, 15) is 4.79 Å². The fourth-order valence-electron chi connectivity index (χ4n) is 1.76. The van der Waals surface area contributed by atoms with Crippen molar-refractivity contribution < 1.29 is 4.79 Å². The van der Waals surface area contributed by atoms with Crippen LogP contribution in [-0.4, -0.2) is 5.91 Å². The van der Waals surface area contributed by atoms with Gasteiger partial charge in [-0.25, -0.2) is 0 Å². The number of halogens is 1. The van der Waals surface area contributed by atoms with Crippen molar-refractivity contribution in [2.45, 2.75) is 6.92 Å². The molecular weight excluding hydrogens is 306 g/mol. The van der Waals surface area contributed by atoms with Gasteiger partial charge in [0.1, 0.15) is 0 Å². The van der Waals surface area contributed by atoms with Gasteiger partial charge in [0.2, 0.25) is 0 Å². The lowest BCUT2D eigenvalue weighted by Crippen LogP contribution is -2.14. The summed E-state index contributed by atoms with van der Waals surface area (Å²) < 4.78 is 0.927. The minimum Gasteiger partial charge on any atom is -0.396 e. The van der Waals surface area contributed by atoms with Gasteiger partial charge in [-0.15, -0.1) is 0 Å². The Morgan fingerprint density at radius 2 is 1.95 bits per heavy atom. The number of carbonyl (C=O) groups excluding carboxylic acids is 1. The van der Waals surface area contributed by atoms with Crippen molar-refractivity contribution in [2.75, 3.05) is 11.1 Å². The zero-order valence-corrected chi connectivity index (χ0v) is 12.0. The number of hydrogen-bond donors (Lipinski definition) is 3. The molecule has 19 heavy (non-hydrogen) atoms. The Kier molecular flexibility index (Phi) is 3.76. The molecule has 5 heteroatoms. The van der Waals surface area contributed by atoms with E-state index in [4.69, 9.17) is 11.5 Å². The Morgan fingerprint density at radius 1 is 1.21 bits per heavy atom. The van der Waals surface area contributed by atoms with Crippen LogP contribution in [0.3, 0.4) is 0 Å². The van der Waals surface area contributed by atoms with Crippen LogP contribution >= 0.6 is 15.9 Å². The monoisotopic (exact) mass is 319 g/mol. The molecule has 0 fully saturated rings. The average molecular weight is 320 g/mol. The smallest absolute Gasteiger partial charge is 0.250 e. The van der Waals surface area contributed by atoms with Gasteiger partial charge in [-0.05, 0) is 52.7 Å². The number of nitrogens with one attached hydrogen (secondary N) is 1. The van der Waals surface area contributed by atoms with Crippen molar-refractivity contribution in [3.63, 3.8) is 0 Å². The Balaban J connectivity index is 2.38. The van der Waals surface area contributed by atoms with Gasteiger partial charge in [0.05, 0.1) is 22.6 Å². The highest BCUT2D eigenvalue weighted by Crippen LogP contribution is 2.30. The van der Waals surface area contributed by atoms with Gasteiger partial charge in [0, 0.05) is 4.47 Å². The molecule has 0 spiro atoms. The number of primary amides is 1. The summed E-state index contributed by atoms with van der Waals surface area (Å²) >= 11 is 3.48. The lowest BCUT2D eigenvalue weighted by molar-refractivity contribution is 0.100. The Bertz CT molecular complexity index is 641. The quantitative estimate of drug-likeness (QED) is 0.760. The number of carbonyl (C=O) groups is 1. The Hall–Kier alpha value is -2.01. The highest BCUT2D eigenvalue weighted by atomic mass is 79.9. The van der Waals surface area contributed by atoms with Crippen LogP contribution in [0.4, 0.5) is 17.1 Å². The first-order valence-electron chi connectivity index (χ1n) is 5.70. The number of benzene rings is 2. The number of rotatable bonds is 3. The molecule has 0 saturated carbocycles. The van der Waals surface area contributed by atoms with Gasteiger partial charge in [0.15, 0.2) is 0 Å². The van der Waals surface area contributed by atoms with Gasteiger partial charge in [-0.2, -0.15) is 0 Å². The third-order valence-corrected chi connectivity index (χ3v) is 3.42. The van der Waals surface area contributed by atoms with E-state index in [0.717, 1.165) is 15.7 Å². The van der Waals surface area contributed by atoms with Crippen LogP contribution < -0.4 is 16.8 Å². The molecule has 2 rings (SSSR count). The molecule has 4 nitrogen and oxygen atoms in total. The second-order valence-corrected chi connectivity index (χ2v) is 5.09. The third-order valence-electron chi connectivity index (χ3n) is 2.77. The Morgan fingerprint density at radius 3 is 2.58 bits per heavy atom. The summed E-state index contributed by atoms with van der Waals surface area (Å²) in [5.41, 5.74) is 14.5. The fourth-order valence-corrected chi connectivity index (χ4v) is 2.35. The molecule has 2 aromatic rings. The molecule has 98 valence electrons. The zero-order valence-electron chi connectivity index (χ0n) is 10.4. The van der Waals surface area contributed by atoms with Crippen molar-refractivity contribution in [3.8, 4) is 0 Å². The molecule has 2 aromatic carbocycles. The van der Waals surface area contributed by atoms with Crippen molar-refractivity contribution in [2.24, 2.45) is 5.73 Å². The van der Waals surface area contributed by atoms with Crippen molar-refractivity contribution >= 4 is 38.9 Å². The normalized spacial score (nSPS) is 10.2. The number of aryl methyl sites for hydroxylation is 1. The highest BCUT2D eigenvalue weighted by Gasteiger charge is 2.10. The number of hydrogen-bond acceptors (Lipinski definition) is 3. The second kappa shape index (κ2) is 5.32. The van der Waals surface area contributed by atoms with E-state index in [1.807, 2.05) is 25.1 Å². The summed E-state index contributed by atoms with van der Waals surface area (Å²) in [6, 6.07) is 11.1. The minimum absolute atomic E-state index is 0.313. The first-order valence-corrected chi connectivity index (χ1v) is 6.50. The van der Waals surface area contributed by atoms with Crippen LogP contribution in [0.5, 0.6) is 0 Å². The van der Waals surface area contributed by atoms with E-state index in [1.165, 1.54) is 0 Å². The number of nitrogens with two attached hydrogens (primary N) is 2. The predicted octanol–water partition coefficient (Wildman–Crippen LogP) is 3.18. The molecule has 0 heterocycles. The average Bonchev–Trinajstić information content (AvgIpc) is 2.34. The standard InChI is InChI=1S/C14H14BrN3O/c1-8-5-6-11(10(15)7-8)18-12-4-2-3-9(13(12)16)14(17)19/h2-7,18H,16H2,1H3,(H2,17,19). The molecular formula is C14H14BrN3O. The molecule has 5 N–H and O–H groups in total. The van der Waals surface area contributed by atoms with Crippen LogP contribution in [-0.2, 0) is 0 Å². The molecule has 0 aromatic heterocycles. The van der Waals surface area contributed by atoms with Crippen molar-refractivity contribution in [3.05, 3.63) is 52.0 Å². The molecule has 0 bridgehead atoms. The molecule has 0 unspecified atom stereocenters. The van der Waals surface area contributed by atoms with Crippen molar-refractivity contribution in [1.29, 1.82) is 0 Å². The van der Waals surface area contributed by atoms with Gasteiger partial charge in [-0.1, -0.05) is 12.1 Å². The number of nitrogen functional groups attached to an aromatic ring is 1. The Labute approximate surface area is 119 Å². The molecule has 0 atom stereocenters. The van der Waals surface area contributed by atoms with E-state index < -0.39 is 5.91 Å². The van der Waals surface area contributed by atoms with Gasteiger partial charge in [-0.3, -0.25) is 4.79 Å². The predicted molar refractivity (Wildman–Crippen MR) is 81.5 cm³/mol. The molecule has 0 aliphatic heterocycles. The second-order valence-electron chi connectivity index (χ2n) is 4.24. The van der Waals surface area contributed by atoms with Crippen LogP contribution in [0, 0.1) is 6.92 Å². The fraction of sp³-hybridized carbons (Fsp3) is 0.0714. The van der Waals surface area contributed by atoms with Crippen LogP contribution in [0.2, 0.25) is 0 Å². The van der Waals surface area contributed by atoms with Gasteiger partial charge in [0.25, 0.3) is 5.91 Å². The van der Waals surface area contributed by atoms with E-state index in [-0.39, 0.29) is 0 Å². The van der Waals surface area contributed by atoms with Gasteiger partial charge >= 0.3 is 0 Å². The first kappa shape index (κ1) is 13.4. The third kappa shape index (κ3) is 2.88. The maximum atomic E-state index is 11.2. The lowest BCUT2D eigenvalue weighted by Gasteiger charge is -2.13. The minimum atomic E-state index is -0.538. The van der Waals surface area contributed by atoms with E-state index in [2.05, 4.69) is 21.2 Å². The van der Waals surface area contributed by atoms with E-state index >= 15 is 0 Å². The lowest BCUT2D eigenvalue weighted by atomic mass is 10.1. The van der Waals surface area contributed by atoms with Crippen molar-refractivity contribution in [1.82, 2.24) is 0 Å². The summed E-state index contributed by atoms with van der Waals surface area (Å²) in [6.45, 7) is 2.01. The number of para-hydroxylation sites is 1. The first-order chi connectivity index (χ1) is 8.99. The maximum absolute atomic E-state index is 11.2. The molecule has 0 aliphatic rings. The van der Waals surface area contributed by atoms with Gasteiger partial charge < -0.3 is 16.8 Å². The van der Waals surface area contributed by atoms with Crippen LogP contribution in [0.25, 0.3) is 0 Å². The molecule has 0 radical (unpaired) electrons. The molecule has 0 aliphatic carbocycles. The van der Waals surface area contributed by atoms with Crippen LogP contribution in [0.1, 0.15) is 15.9 Å². The highest BCUT2D eigenvalue weighted by molar-refractivity contribution is 9.10. The molecule has 1 amide bonds. The summed E-state index contributed by atoms with van der Waals surface area (Å²) in [5.74, 6) is -0.538. The number of amides is 1. The maximum Gasteiger partial charge on any atom is 0.250 e. The summed E-state index contributed by atoms with van der Waals surface area (Å²) in [6.07, 6.45) is 0. The topological polar surface area (TPSA) is 81.1 Å². The molecule has 0 saturated heterocycles. The zero-order chi connectivity index (χ0) is 14.0. The largest absolute Gasteiger partial charge is 0.396 e. The number of anilines is 3. The van der Waals surface area contributed by atoms with E-state index in [0.29, 0.717) is 16.9 Å². The van der Waals surface area contributed by atoms with Crippen LogP contribution in [0.15, 0.2) is 40.9 Å². The summed E-state index contributed by atoms with van der Waals surface area (Å²) in [5, 5.41) is 3.18. The summed E-state index contributed by atoms with van der Waals surface area (Å²) in [7, 11) is 0. The SMILES string of the molecule is Cc1ccc(Nc2cccc(C(N)=O)c2N)c(Br)c1. The van der Waals surface area contributed by atoms with E-state index in [1.54, 1.807) is 18.2 Å².